The van der Waals surface area contributed by atoms with Crippen molar-refractivity contribution in [2.45, 2.75) is 32.8 Å². The van der Waals surface area contributed by atoms with Gasteiger partial charge in [0.2, 0.25) is 0 Å². The van der Waals surface area contributed by atoms with Crippen molar-refractivity contribution in [3.8, 4) is 5.75 Å². The fraction of sp³-hybridized carbons (Fsp3) is 0.316. The zero-order valence-electron chi connectivity index (χ0n) is 14.1. The van der Waals surface area contributed by atoms with Crippen molar-refractivity contribution in [1.29, 1.82) is 0 Å². The van der Waals surface area contributed by atoms with Crippen LogP contribution in [0, 0.1) is 0 Å². The summed E-state index contributed by atoms with van der Waals surface area (Å²) < 4.78 is 5.96. The molecule has 0 spiro atoms. The Bertz CT molecular complexity index is 648. The first-order chi connectivity index (χ1) is 10.9. The quantitative estimate of drug-likeness (QED) is 0.886. The van der Waals surface area contributed by atoms with Crippen LogP contribution in [0.4, 0.5) is 10.5 Å². The molecule has 0 fully saturated rings. The minimum Gasteiger partial charge on any atom is -0.486 e. The van der Waals surface area contributed by atoms with Gasteiger partial charge >= 0.3 is 6.03 Å². The summed E-state index contributed by atoms with van der Waals surface area (Å²) in [5, 5.41) is 0. The van der Waals surface area contributed by atoms with Crippen LogP contribution in [0.2, 0.25) is 0 Å². The number of anilines is 1. The van der Waals surface area contributed by atoms with Crippen molar-refractivity contribution in [3.05, 3.63) is 59.7 Å². The van der Waals surface area contributed by atoms with E-state index in [2.05, 4.69) is 38.1 Å². The number of nitrogens with zero attached hydrogens (tertiary/aromatic N) is 1. The third kappa shape index (κ3) is 4.25. The molecule has 0 saturated carbocycles. The van der Waals surface area contributed by atoms with Gasteiger partial charge in [0.1, 0.15) is 11.9 Å². The van der Waals surface area contributed by atoms with Crippen molar-refractivity contribution < 1.29 is 9.53 Å². The number of carbonyl (C=O) groups is 1. The Morgan fingerprint density at radius 3 is 1.96 bits per heavy atom. The summed E-state index contributed by atoms with van der Waals surface area (Å²) in [6.07, 6.45) is -0.0454. The molecule has 4 nitrogen and oxygen atoms in total. The molecule has 0 heterocycles. The Morgan fingerprint density at radius 2 is 1.48 bits per heavy atom. The maximum atomic E-state index is 11.1. The molecule has 2 aromatic carbocycles. The fourth-order valence-corrected chi connectivity index (χ4v) is 2.30. The van der Waals surface area contributed by atoms with Crippen LogP contribution >= 0.6 is 0 Å². The molecule has 0 aromatic heterocycles. The van der Waals surface area contributed by atoms with Crippen LogP contribution in [0.25, 0.3) is 0 Å². The summed E-state index contributed by atoms with van der Waals surface area (Å²) in [7, 11) is 1.64. The van der Waals surface area contributed by atoms with Crippen molar-refractivity contribution in [2.75, 3.05) is 11.9 Å². The van der Waals surface area contributed by atoms with Gasteiger partial charge in [-0.3, -0.25) is 4.90 Å². The van der Waals surface area contributed by atoms with Gasteiger partial charge in [-0.25, -0.2) is 4.79 Å². The number of primary amides is 1. The summed E-state index contributed by atoms with van der Waals surface area (Å²) >= 11 is 0. The molecule has 1 atom stereocenters. The molecule has 2 N–H and O–H groups in total. The van der Waals surface area contributed by atoms with Crippen LogP contribution in [0.5, 0.6) is 5.75 Å². The molecule has 0 bridgehead atoms. The molecule has 0 unspecified atom stereocenters. The van der Waals surface area contributed by atoms with E-state index < -0.39 is 6.03 Å². The first-order valence-corrected chi connectivity index (χ1v) is 7.78. The lowest BCUT2D eigenvalue weighted by molar-refractivity contribution is 0.227. The molecule has 0 aliphatic rings. The summed E-state index contributed by atoms with van der Waals surface area (Å²) in [6, 6.07) is 15.3. The second kappa shape index (κ2) is 7.18. The minimum atomic E-state index is -0.489. The molecular formula is C19H24N2O2. The average Bonchev–Trinajstić information content (AvgIpc) is 2.54. The molecule has 122 valence electrons. The number of hydrogen-bond donors (Lipinski definition) is 1. The third-order valence-corrected chi connectivity index (χ3v) is 3.94. The highest BCUT2D eigenvalue weighted by molar-refractivity contribution is 5.90. The van der Waals surface area contributed by atoms with Gasteiger partial charge in [0, 0.05) is 12.7 Å². The number of carbonyl (C=O) groups excluding carboxylic acids is 1. The normalized spacial score (nSPS) is 12.0. The van der Waals surface area contributed by atoms with Gasteiger partial charge < -0.3 is 10.5 Å². The van der Waals surface area contributed by atoms with Gasteiger partial charge in [-0.05, 0) is 48.2 Å². The Morgan fingerprint density at radius 1 is 0.957 bits per heavy atom. The zero-order chi connectivity index (χ0) is 17.0. The zero-order valence-corrected chi connectivity index (χ0v) is 14.1. The van der Waals surface area contributed by atoms with E-state index in [4.69, 9.17) is 10.5 Å². The molecule has 0 saturated heterocycles. The highest BCUT2D eigenvalue weighted by Crippen LogP contribution is 2.25. The number of nitrogens with two attached hydrogens (primary N) is 1. The molecular weight excluding hydrogens is 288 g/mol. The van der Waals surface area contributed by atoms with Gasteiger partial charge in [-0.1, -0.05) is 38.1 Å². The van der Waals surface area contributed by atoms with Crippen LogP contribution in [0.3, 0.4) is 0 Å². The maximum absolute atomic E-state index is 11.1. The molecule has 2 amide bonds. The van der Waals surface area contributed by atoms with Crippen molar-refractivity contribution in [2.24, 2.45) is 5.73 Å². The van der Waals surface area contributed by atoms with Crippen LogP contribution in [0.1, 0.15) is 43.9 Å². The van der Waals surface area contributed by atoms with Crippen LogP contribution in [-0.2, 0) is 0 Å². The smallest absolute Gasteiger partial charge is 0.318 e. The number of benzene rings is 2. The van der Waals surface area contributed by atoms with E-state index in [0.717, 1.165) is 17.0 Å². The van der Waals surface area contributed by atoms with E-state index in [9.17, 15) is 4.79 Å². The second-order valence-electron chi connectivity index (χ2n) is 5.97. The van der Waals surface area contributed by atoms with Gasteiger partial charge in [-0.2, -0.15) is 0 Å². The third-order valence-electron chi connectivity index (χ3n) is 3.94. The lowest BCUT2D eigenvalue weighted by Crippen LogP contribution is -2.31. The Hall–Kier alpha value is -2.49. The molecule has 0 aliphatic carbocycles. The van der Waals surface area contributed by atoms with Crippen LogP contribution < -0.4 is 15.4 Å². The minimum absolute atomic E-state index is 0.0454. The topological polar surface area (TPSA) is 55.6 Å². The van der Waals surface area contributed by atoms with Crippen LogP contribution in [0.15, 0.2) is 48.5 Å². The molecule has 2 rings (SSSR count). The van der Waals surface area contributed by atoms with E-state index in [1.54, 1.807) is 7.05 Å². The van der Waals surface area contributed by atoms with Crippen molar-refractivity contribution in [3.63, 3.8) is 0 Å². The molecule has 0 aliphatic heterocycles. The van der Waals surface area contributed by atoms with Crippen molar-refractivity contribution >= 4 is 11.7 Å². The molecule has 4 heteroatoms. The first-order valence-electron chi connectivity index (χ1n) is 7.78. The van der Waals surface area contributed by atoms with Gasteiger partial charge in [-0.15, -0.1) is 0 Å². The number of urea groups is 1. The molecule has 2 aromatic rings. The highest BCUT2D eigenvalue weighted by atomic mass is 16.5. The average molecular weight is 312 g/mol. The first kappa shape index (κ1) is 16.9. The maximum Gasteiger partial charge on any atom is 0.318 e. The highest BCUT2D eigenvalue weighted by Gasteiger charge is 2.10. The lowest BCUT2D eigenvalue weighted by atomic mass is 10.0. The summed E-state index contributed by atoms with van der Waals surface area (Å²) in [4.78, 5) is 12.5. The van der Waals surface area contributed by atoms with E-state index >= 15 is 0 Å². The van der Waals surface area contributed by atoms with E-state index in [1.807, 2.05) is 31.2 Å². The Balaban J connectivity index is 2.05. The number of rotatable bonds is 5. The SMILES string of the molecule is CC(C)c1ccc([C@@H](C)Oc2ccc(N(C)C(N)=O)cc2)cc1. The molecule has 0 radical (unpaired) electrons. The van der Waals surface area contributed by atoms with Gasteiger partial charge in [0.15, 0.2) is 0 Å². The second-order valence-corrected chi connectivity index (χ2v) is 5.97. The van der Waals surface area contributed by atoms with E-state index in [-0.39, 0.29) is 6.10 Å². The number of hydrogen-bond acceptors (Lipinski definition) is 2. The Kier molecular flexibility index (Phi) is 5.27. The van der Waals surface area contributed by atoms with Crippen LogP contribution in [-0.4, -0.2) is 13.1 Å². The van der Waals surface area contributed by atoms with Gasteiger partial charge in [0.25, 0.3) is 0 Å². The monoisotopic (exact) mass is 312 g/mol. The number of ether oxygens (including phenoxy) is 1. The summed E-state index contributed by atoms with van der Waals surface area (Å²) in [5.74, 6) is 1.28. The van der Waals surface area contributed by atoms with E-state index in [0.29, 0.717) is 5.92 Å². The molecule has 23 heavy (non-hydrogen) atoms. The van der Waals surface area contributed by atoms with E-state index in [1.165, 1.54) is 10.5 Å². The van der Waals surface area contributed by atoms with Crippen molar-refractivity contribution in [1.82, 2.24) is 0 Å². The largest absolute Gasteiger partial charge is 0.486 e. The number of amides is 2. The van der Waals surface area contributed by atoms with Gasteiger partial charge in [0.05, 0.1) is 0 Å². The predicted molar refractivity (Wildman–Crippen MR) is 94.0 cm³/mol. The summed E-state index contributed by atoms with van der Waals surface area (Å²) in [5.41, 5.74) is 8.44. The summed E-state index contributed by atoms with van der Waals surface area (Å²) in [6.45, 7) is 6.38. The fourth-order valence-electron chi connectivity index (χ4n) is 2.30. The predicted octanol–water partition coefficient (Wildman–Crippen LogP) is 4.46. The standard InChI is InChI=1S/C19H24N2O2/c1-13(2)15-5-7-16(8-6-15)14(3)23-18-11-9-17(10-12-18)21(4)19(20)22/h5-14H,1-4H3,(H2,20,22)/t14-/m1/s1. The Labute approximate surface area is 137 Å². The lowest BCUT2D eigenvalue weighted by Gasteiger charge is -2.18.